The predicted molar refractivity (Wildman–Crippen MR) is 120 cm³/mol. The van der Waals surface area contributed by atoms with Crippen molar-refractivity contribution in [2.24, 2.45) is 0 Å². The van der Waals surface area contributed by atoms with Gasteiger partial charge in [-0.15, -0.1) is 0 Å². The van der Waals surface area contributed by atoms with Crippen LogP contribution in [0.5, 0.6) is 5.75 Å². The van der Waals surface area contributed by atoms with Gasteiger partial charge in [-0.1, -0.05) is 12.1 Å². The Hall–Kier alpha value is -2.01. The van der Waals surface area contributed by atoms with Crippen LogP contribution in [0, 0.1) is 0 Å². The maximum absolute atomic E-state index is 13.0. The van der Waals surface area contributed by atoms with E-state index in [-0.39, 0.29) is 43.6 Å². The standard InChI is InChI=1S/C22H33N3O6S/c1-17(26)4-5-20-6-8-21(9-7-20)30-16-22(27)23-10-12-24(13-11-23)32(28,29)25-14-18(2)31-19(3)15-25/h6-9,18-19H,4-5,10-16H2,1-3H3. The van der Waals surface area contributed by atoms with Gasteiger partial charge in [0.2, 0.25) is 0 Å². The fourth-order valence-electron chi connectivity index (χ4n) is 3.96. The van der Waals surface area contributed by atoms with Crippen molar-refractivity contribution >= 4 is 21.9 Å². The molecule has 2 aliphatic rings. The number of carbonyl (C=O) groups is 2. The minimum Gasteiger partial charge on any atom is -0.484 e. The summed E-state index contributed by atoms with van der Waals surface area (Å²) in [4.78, 5) is 25.2. The number of benzene rings is 1. The average Bonchev–Trinajstić information content (AvgIpc) is 2.76. The van der Waals surface area contributed by atoms with E-state index in [2.05, 4.69) is 0 Å². The smallest absolute Gasteiger partial charge is 0.282 e. The van der Waals surface area contributed by atoms with Crippen LogP contribution in [0.15, 0.2) is 24.3 Å². The van der Waals surface area contributed by atoms with E-state index in [1.165, 1.54) is 8.61 Å². The summed E-state index contributed by atoms with van der Waals surface area (Å²) >= 11 is 0. The molecule has 178 valence electrons. The fourth-order valence-corrected chi connectivity index (χ4v) is 5.71. The first-order valence-corrected chi connectivity index (χ1v) is 12.4. The minimum absolute atomic E-state index is 0.0992. The van der Waals surface area contributed by atoms with Gasteiger partial charge in [-0.05, 0) is 44.9 Å². The van der Waals surface area contributed by atoms with E-state index >= 15 is 0 Å². The topological polar surface area (TPSA) is 96.5 Å². The number of morpholine rings is 1. The zero-order chi connectivity index (χ0) is 23.3. The van der Waals surface area contributed by atoms with E-state index < -0.39 is 10.2 Å². The zero-order valence-corrected chi connectivity index (χ0v) is 19.8. The van der Waals surface area contributed by atoms with Crippen LogP contribution in [0.25, 0.3) is 0 Å². The summed E-state index contributed by atoms with van der Waals surface area (Å²) in [5, 5.41) is 0. The van der Waals surface area contributed by atoms with Crippen molar-refractivity contribution in [1.29, 1.82) is 0 Å². The Morgan fingerprint density at radius 3 is 2.16 bits per heavy atom. The Morgan fingerprint density at radius 1 is 1.00 bits per heavy atom. The molecule has 0 aromatic heterocycles. The lowest BCUT2D eigenvalue weighted by Crippen LogP contribution is -2.58. The van der Waals surface area contributed by atoms with Gasteiger partial charge in [0, 0.05) is 45.7 Å². The van der Waals surface area contributed by atoms with Crippen LogP contribution >= 0.6 is 0 Å². The Labute approximate surface area is 190 Å². The van der Waals surface area contributed by atoms with E-state index in [1.54, 1.807) is 24.0 Å². The average molecular weight is 468 g/mol. The minimum atomic E-state index is -3.57. The highest BCUT2D eigenvalue weighted by Crippen LogP contribution is 2.19. The van der Waals surface area contributed by atoms with Crippen LogP contribution in [0.2, 0.25) is 0 Å². The summed E-state index contributed by atoms with van der Waals surface area (Å²) < 4.78 is 40.1. The normalized spacial score (nSPS) is 23.2. The Morgan fingerprint density at radius 2 is 1.59 bits per heavy atom. The van der Waals surface area contributed by atoms with E-state index in [0.29, 0.717) is 44.8 Å². The lowest BCUT2D eigenvalue weighted by molar-refractivity contribution is -0.134. The Kier molecular flexibility index (Phi) is 8.26. The molecule has 2 fully saturated rings. The fraction of sp³-hybridized carbons (Fsp3) is 0.636. The van der Waals surface area contributed by atoms with Crippen molar-refractivity contribution in [3.8, 4) is 5.75 Å². The van der Waals surface area contributed by atoms with Crippen molar-refractivity contribution in [3.05, 3.63) is 29.8 Å². The molecular formula is C22H33N3O6S. The van der Waals surface area contributed by atoms with Crippen molar-refractivity contribution in [2.45, 2.75) is 45.8 Å². The number of carbonyl (C=O) groups excluding carboxylic acids is 2. The number of aryl methyl sites for hydroxylation is 1. The second-order valence-corrected chi connectivity index (χ2v) is 10.4. The second-order valence-electron chi connectivity index (χ2n) is 8.50. The molecule has 0 aliphatic carbocycles. The molecule has 2 aliphatic heterocycles. The molecule has 1 amide bonds. The summed E-state index contributed by atoms with van der Waals surface area (Å²) in [6.07, 6.45) is 0.905. The van der Waals surface area contributed by atoms with E-state index in [4.69, 9.17) is 9.47 Å². The van der Waals surface area contributed by atoms with Crippen LogP contribution in [-0.2, 0) is 31.0 Å². The molecule has 2 atom stereocenters. The van der Waals surface area contributed by atoms with Crippen LogP contribution in [0.4, 0.5) is 0 Å². The molecule has 3 rings (SSSR count). The summed E-state index contributed by atoms with van der Waals surface area (Å²) in [5.74, 6) is 0.566. The number of ketones is 1. The van der Waals surface area contributed by atoms with Gasteiger partial charge in [-0.25, -0.2) is 0 Å². The molecule has 2 heterocycles. The number of ether oxygens (including phenoxy) is 2. The van der Waals surface area contributed by atoms with Gasteiger partial charge in [-0.3, -0.25) is 4.79 Å². The number of piperazine rings is 1. The van der Waals surface area contributed by atoms with Gasteiger partial charge in [0.05, 0.1) is 12.2 Å². The monoisotopic (exact) mass is 467 g/mol. The summed E-state index contributed by atoms with van der Waals surface area (Å²) in [7, 11) is -3.57. The molecule has 10 heteroatoms. The second kappa shape index (κ2) is 10.7. The maximum Gasteiger partial charge on any atom is 0.282 e. The molecule has 0 bridgehead atoms. The SMILES string of the molecule is CC(=O)CCc1ccc(OCC(=O)N2CCN(S(=O)(=O)N3CC(C)OC(C)C3)CC2)cc1. The lowest BCUT2D eigenvalue weighted by atomic mass is 10.1. The van der Waals surface area contributed by atoms with Crippen molar-refractivity contribution in [3.63, 3.8) is 0 Å². The first-order valence-electron chi connectivity index (χ1n) is 11.0. The molecule has 1 aromatic carbocycles. The number of amides is 1. The predicted octanol–water partition coefficient (Wildman–Crippen LogP) is 1.09. The van der Waals surface area contributed by atoms with Crippen LogP contribution in [0.1, 0.15) is 32.8 Å². The first kappa shape index (κ1) is 24.6. The van der Waals surface area contributed by atoms with Gasteiger partial charge >= 0.3 is 0 Å². The highest BCUT2D eigenvalue weighted by molar-refractivity contribution is 7.86. The van der Waals surface area contributed by atoms with Gasteiger partial charge in [0.15, 0.2) is 6.61 Å². The first-order chi connectivity index (χ1) is 15.1. The molecule has 2 saturated heterocycles. The van der Waals surface area contributed by atoms with Crippen molar-refractivity contribution in [1.82, 2.24) is 13.5 Å². The third kappa shape index (κ3) is 6.50. The maximum atomic E-state index is 13.0. The van der Waals surface area contributed by atoms with Gasteiger partial charge < -0.3 is 19.2 Å². The third-order valence-electron chi connectivity index (χ3n) is 5.68. The molecule has 2 unspecified atom stereocenters. The lowest BCUT2D eigenvalue weighted by Gasteiger charge is -2.40. The summed E-state index contributed by atoms with van der Waals surface area (Å²) in [6, 6.07) is 7.36. The molecule has 1 aromatic rings. The van der Waals surface area contributed by atoms with Gasteiger partial charge in [-0.2, -0.15) is 17.0 Å². The summed E-state index contributed by atoms with van der Waals surface area (Å²) in [6.45, 7) is 7.09. The zero-order valence-electron chi connectivity index (χ0n) is 19.0. The van der Waals surface area contributed by atoms with Crippen LogP contribution in [0.3, 0.4) is 0 Å². The molecule has 9 nitrogen and oxygen atoms in total. The summed E-state index contributed by atoms with van der Waals surface area (Å²) in [5.41, 5.74) is 1.04. The molecule has 0 N–H and O–H groups in total. The number of rotatable bonds is 8. The van der Waals surface area contributed by atoms with Crippen LogP contribution < -0.4 is 4.74 Å². The van der Waals surface area contributed by atoms with E-state index in [9.17, 15) is 18.0 Å². The third-order valence-corrected chi connectivity index (χ3v) is 7.65. The molecule has 0 saturated carbocycles. The number of nitrogens with zero attached hydrogens (tertiary/aromatic N) is 3. The van der Waals surface area contributed by atoms with E-state index in [1.807, 2.05) is 26.0 Å². The molecule has 32 heavy (non-hydrogen) atoms. The molecule has 0 spiro atoms. The molecular weight excluding hydrogens is 434 g/mol. The number of hydrogen-bond acceptors (Lipinski definition) is 6. The highest BCUT2D eigenvalue weighted by atomic mass is 32.2. The largest absolute Gasteiger partial charge is 0.484 e. The quantitative estimate of drug-likeness (QED) is 0.568. The van der Waals surface area contributed by atoms with Crippen molar-refractivity contribution in [2.75, 3.05) is 45.9 Å². The number of Topliss-reactive ketones (excluding diaryl/α,β-unsaturated/α-hetero) is 1. The number of hydrogen-bond donors (Lipinski definition) is 0. The van der Waals surface area contributed by atoms with Crippen molar-refractivity contribution < 1.29 is 27.5 Å². The van der Waals surface area contributed by atoms with Gasteiger partial charge in [0.25, 0.3) is 16.1 Å². The van der Waals surface area contributed by atoms with Crippen LogP contribution in [-0.4, -0.2) is 91.7 Å². The molecule has 0 radical (unpaired) electrons. The van der Waals surface area contributed by atoms with Gasteiger partial charge in [0.1, 0.15) is 11.5 Å². The Balaban J connectivity index is 1.45. The highest BCUT2D eigenvalue weighted by Gasteiger charge is 2.37. The van der Waals surface area contributed by atoms with E-state index in [0.717, 1.165) is 5.56 Å². The Bertz CT molecular complexity index is 887.